The number of ether oxygens (including phenoxy) is 2. The summed E-state index contributed by atoms with van der Waals surface area (Å²) in [5.41, 5.74) is 0.165. The van der Waals surface area contributed by atoms with E-state index >= 15 is 0 Å². The summed E-state index contributed by atoms with van der Waals surface area (Å²) >= 11 is 0. The lowest BCUT2D eigenvalue weighted by molar-refractivity contribution is -0.0823. The first-order valence-corrected chi connectivity index (χ1v) is 11.3. The minimum absolute atomic E-state index is 0.165. The smallest absolute Gasteiger partial charge is 0.191 e. The predicted molar refractivity (Wildman–Crippen MR) is 117 cm³/mol. The number of nitrogens with one attached hydrogen (secondary N) is 2. The molecule has 2 fully saturated rings. The monoisotopic (exact) mass is 396 g/mol. The number of hydrogen-bond donors (Lipinski definition) is 2. The lowest BCUT2D eigenvalue weighted by Crippen LogP contribution is -2.46. The molecule has 0 saturated carbocycles. The Kier molecular flexibility index (Phi) is 9.51. The maximum Gasteiger partial charge on any atom is 0.191 e. The van der Waals surface area contributed by atoms with Crippen LogP contribution in [0.1, 0.15) is 60.8 Å². The zero-order chi connectivity index (χ0) is 20.6. The summed E-state index contributed by atoms with van der Waals surface area (Å²) in [4.78, 5) is 7.40. The Bertz CT molecular complexity index is 468. The van der Waals surface area contributed by atoms with Crippen LogP contribution in [0.15, 0.2) is 4.99 Å². The molecule has 2 N–H and O–H groups in total. The van der Waals surface area contributed by atoms with E-state index in [0.717, 1.165) is 64.7 Å². The van der Waals surface area contributed by atoms with Crippen LogP contribution in [0, 0.1) is 11.3 Å². The van der Waals surface area contributed by atoms with E-state index in [1.165, 1.54) is 6.42 Å². The topological polar surface area (TPSA) is 58.1 Å². The molecule has 4 unspecified atom stereocenters. The molecule has 2 aliphatic rings. The first-order valence-electron chi connectivity index (χ1n) is 11.3. The molecule has 2 saturated heterocycles. The highest BCUT2D eigenvalue weighted by Crippen LogP contribution is 2.34. The Morgan fingerprint density at radius 2 is 1.86 bits per heavy atom. The summed E-state index contributed by atoms with van der Waals surface area (Å²) in [6.45, 7) is 20.0. The second-order valence-corrected chi connectivity index (χ2v) is 9.58. The fourth-order valence-electron chi connectivity index (χ4n) is 4.51. The molecular formula is C22H44N4O2. The number of nitrogens with zero attached hydrogens (tertiary/aromatic N) is 2. The Morgan fingerprint density at radius 3 is 2.50 bits per heavy atom. The lowest BCUT2D eigenvalue weighted by atomic mass is 9.78. The molecule has 0 spiro atoms. The Balaban J connectivity index is 1.78. The summed E-state index contributed by atoms with van der Waals surface area (Å²) < 4.78 is 11.9. The number of guanidine groups is 1. The molecule has 4 atom stereocenters. The highest BCUT2D eigenvalue weighted by Gasteiger charge is 2.35. The molecule has 0 amide bonds. The molecule has 164 valence electrons. The van der Waals surface area contributed by atoms with Crippen LogP contribution in [0.2, 0.25) is 0 Å². The van der Waals surface area contributed by atoms with Crippen LogP contribution in [-0.2, 0) is 9.47 Å². The van der Waals surface area contributed by atoms with Gasteiger partial charge in [-0.2, -0.15) is 0 Å². The van der Waals surface area contributed by atoms with Gasteiger partial charge in [-0.25, -0.2) is 0 Å². The highest BCUT2D eigenvalue weighted by molar-refractivity contribution is 5.79. The van der Waals surface area contributed by atoms with Gasteiger partial charge in [-0.15, -0.1) is 0 Å². The molecule has 0 radical (unpaired) electrons. The molecule has 6 heteroatoms. The number of aliphatic imine (C=N–C) groups is 1. The van der Waals surface area contributed by atoms with Gasteiger partial charge in [0.05, 0.1) is 18.3 Å². The van der Waals surface area contributed by atoms with Crippen molar-refractivity contribution in [1.82, 2.24) is 15.5 Å². The van der Waals surface area contributed by atoms with Crippen LogP contribution < -0.4 is 10.6 Å². The van der Waals surface area contributed by atoms with Gasteiger partial charge < -0.3 is 20.1 Å². The van der Waals surface area contributed by atoms with Crippen molar-refractivity contribution in [3.8, 4) is 0 Å². The summed E-state index contributed by atoms with van der Waals surface area (Å²) in [5.74, 6) is 1.44. The highest BCUT2D eigenvalue weighted by atomic mass is 16.5. The summed E-state index contributed by atoms with van der Waals surface area (Å²) in [6, 6.07) is 0. The molecule has 2 heterocycles. The summed E-state index contributed by atoms with van der Waals surface area (Å²) in [5, 5.41) is 6.91. The maximum atomic E-state index is 6.10. The quantitative estimate of drug-likeness (QED) is 0.394. The Labute approximate surface area is 172 Å². The van der Waals surface area contributed by atoms with Gasteiger partial charge in [-0.05, 0) is 45.4 Å². The fraction of sp³-hybridized carbons (Fsp3) is 0.955. The van der Waals surface area contributed by atoms with E-state index in [2.05, 4.69) is 57.1 Å². The van der Waals surface area contributed by atoms with Gasteiger partial charge in [-0.1, -0.05) is 20.8 Å². The van der Waals surface area contributed by atoms with Crippen LogP contribution in [0.5, 0.6) is 0 Å². The minimum atomic E-state index is 0.165. The average molecular weight is 397 g/mol. The van der Waals surface area contributed by atoms with Crippen molar-refractivity contribution in [3.63, 3.8) is 0 Å². The van der Waals surface area contributed by atoms with Crippen molar-refractivity contribution in [2.45, 2.75) is 79.1 Å². The van der Waals surface area contributed by atoms with Crippen molar-refractivity contribution in [2.24, 2.45) is 16.3 Å². The Morgan fingerprint density at radius 1 is 1.14 bits per heavy atom. The van der Waals surface area contributed by atoms with Gasteiger partial charge >= 0.3 is 0 Å². The summed E-state index contributed by atoms with van der Waals surface area (Å²) in [7, 11) is 0. The second kappa shape index (κ2) is 11.4. The average Bonchev–Trinajstić information content (AvgIpc) is 2.62. The third-order valence-electron chi connectivity index (χ3n) is 5.57. The standard InChI is InChI=1S/C22H44N4O2/c1-7-23-21(24-11-9-12-26-15-17(2)28-18(3)16-26)25-14-19-10-8-13-27-20(19)22(4,5)6/h17-20H,7-16H2,1-6H3,(H2,23,24,25). The van der Waals surface area contributed by atoms with E-state index in [1.54, 1.807) is 0 Å². The van der Waals surface area contributed by atoms with Gasteiger partial charge in [0.15, 0.2) is 5.96 Å². The molecule has 0 aromatic rings. The zero-order valence-corrected chi connectivity index (χ0v) is 19.1. The second-order valence-electron chi connectivity index (χ2n) is 9.58. The Hall–Kier alpha value is -0.850. The number of morpholine rings is 1. The third kappa shape index (κ3) is 7.88. The van der Waals surface area contributed by atoms with Crippen LogP contribution in [0.3, 0.4) is 0 Å². The molecule has 6 nitrogen and oxygen atoms in total. The van der Waals surface area contributed by atoms with E-state index in [4.69, 9.17) is 14.5 Å². The van der Waals surface area contributed by atoms with Crippen molar-refractivity contribution >= 4 is 5.96 Å². The van der Waals surface area contributed by atoms with E-state index in [1.807, 2.05) is 0 Å². The predicted octanol–water partition coefficient (Wildman–Crippen LogP) is 2.88. The van der Waals surface area contributed by atoms with Gasteiger partial charge in [-0.3, -0.25) is 9.89 Å². The molecule has 0 aromatic heterocycles. The van der Waals surface area contributed by atoms with E-state index in [9.17, 15) is 0 Å². The van der Waals surface area contributed by atoms with Gasteiger partial charge in [0, 0.05) is 51.8 Å². The van der Waals surface area contributed by atoms with Gasteiger partial charge in [0.1, 0.15) is 0 Å². The number of hydrogen-bond acceptors (Lipinski definition) is 4. The first-order chi connectivity index (χ1) is 13.3. The molecule has 28 heavy (non-hydrogen) atoms. The van der Waals surface area contributed by atoms with Crippen molar-refractivity contribution in [3.05, 3.63) is 0 Å². The van der Waals surface area contributed by atoms with Crippen molar-refractivity contribution < 1.29 is 9.47 Å². The first kappa shape index (κ1) is 23.4. The van der Waals surface area contributed by atoms with Crippen molar-refractivity contribution in [2.75, 3.05) is 45.9 Å². The molecule has 0 bridgehead atoms. The van der Waals surface area contributed by atoms with Crippen LogP contribution in [0.25, 0.3) is 0 Å². The van der Waals surface area contributed by atoms with Gasteiger partial charge in [0.25, 0.3) is 0 Å². The minimum Gasteiger partial charge on any atom is -0.377 e. The molecular weight excluding hydrogens is 352 g/mol. The van der Waals surface area contributed by atoms with Crippen molar-refractivity contribution in [1.29, 1.82) is 0 Å². The van der Waals surface area contributed by atoms with E-state index in [0.29, 0.717) is 18.1 Å². The molecule has 2 rings (SSSR count). The maximum absolute atomic E-state index is 6.10. The van der Waals surface area contributed by atoms with Crippen LogP contribution >= 0.6 is 0 Å². The summed E-state index contributed by atoms with van der Waals surface area (Å²) in [6.07, 6.45) is 4.43. The molecule has 2 aliphatic heterocycles. The van der Waals surface area contributed by atoms with Crippen LogP contribution in [0.4, 0.5) is 0 Å². The van der Waals surface area contributed by atoms with E-state index < -0.39 is 0 Å². The largest absolute Gasteiger partial charge is 0.377 e. The number of rotatable bonds is 7. The zero-order valence-electron chi connectivity index (χ0n) is 19.1. The molecule has 0 aliphatic carbocycles. The lowest BCUT2D eigenvalue weighted by Gasteiger charge is -2.39. The molecule has 0 aromatic carbocycles. The van der Waals surface area contributed by atoms with E-state index in [-0.39, 0.29) is 11.5 Å². The van der Waals surface area contributed by atoms with Gasteiger partial charge in [0.2, 0.25) is 0 Å². The third-order valence-corrected chi connectivity index (χ3v) is 5.57. The fourth-order valence-corrected chi connectivity index (χ4v) is 4.51. The normalized spacial score (nSPS) is 30.3. The SMILES string of the molecule is CCNC(=NCC1CCCOC1C(C)(C)C)NCCCN1CC(C)OC(C)C1. The van der Waals surface area contributed by atoms with Crippen LogP contribution in [-0.4, -0.2) is 75.0 Å².